The number of rotatable bonds is 4. The highest BCUT2D eigenvalue weighted by Crippen LogP contribution is 2.30. The van der Waals surface area contributed by atoms with Gasteiger partial charge in [0.15, 0.2) is 0 Å². The maximum Gasteiger partial charge on any atom is 0.0644 e. The van der Waals surface area contributed by atoms with Crippen molar-refractivity contribution in [2.75, 3.05) is 13.1 Å². The van der Waals surface area contributed by atoms with Crippen LogP contribution in [0.15, 0.2) is 24.5 Å². The topological polar surface area (TPSA) is 62.4 Å². The van der Waals surface area contributed by atoms with Crippen molar-refractivity contribution in [3.8, 4) is 0 Å². The molecule has 0 aliphatic carbocycles. The molecule has 0 spiro atoms. The van der Waals surface area contributed by atoms with E-state index in [2.05, 4.69) is 16.8 Å². The van der Waals surface area contributed by atoms with E-state index < -0.39 is 5.60 Å². The third-order valence-electron chi connectivity index (χ3n) is 4.19. The van der Waals surface area contributed by atoms with Crippen molar-refractivity contribution in [2.45, 2.75) is 50.8 Å². The Morgan fingerprint density at radius 1 is 1.37 bits per heavy atom. The summed E-state index contributed by atoms with van der Waals surface area (Å²) < 4.78 is 0. The van der Waals surface area contributed by atoms with Gasteiger partial charge in [-0.3, -0.25) is 9.88 Å². The monoisotopic (exact) mass is 263 g/mol. The molecule has 4 heteroatoms. The molecule has 1 aliphatic rings. The average Bonchev–Trinajstić information content (AvgIpc) is 2.42. The highest BCUT2D eigenvalue weighted by molar-refractivity contribution is 5.17. The average molecular weight is 263 g/mol. The van der Waals surface area contributed by atoms with Crippen LogP contribution in [0.25, 0.3) is 0 Å². The molecule has 2 atom stereocenters. The second-order valence-corrected chi connectivity index (χ2v) is 5.83. The van der Waals surface area contributed by atoms with Gasteiger partial charge in [-0.15, -0.1) is 0 Å². The van der Waals surface area contributed by atoms with Gasteiger partial charge in [0.1, 0.15) is 0 Å². The molecule has 106 valence electrons. The highest BCUT2D eigenvalue weighted by atomic mass is 16.3. The van der Waals surface area contributed by atoms with Gasteiger partial charge in [-0.25, -0.2) is 0 Å². The molecule has 1 aromatic heterocycles. The summed E-state index contributed by atoms with van der Waals surface area (Å²) in [5.41, 5.74) is 7.03. The van der Waals surface area contributed by atoms with E-state index in [1.807, 2.05) is 31.5 Å². The molecule has 0 saturated carbocycles. The molecular weight excluding hydrogens is 238 g/mol. The van der Waals surface area contributed by atoms with Gasteiger partial charge in [0.05, 0.1) is 5.60 Å². The molecule has 0 radical (unpaired) electrons. The number of likely N-dealkylation sites (tertiary alicyclic amines) is 1. The first-order chi connectivity index (χ1) is 9.03. The molecule has 3 N–H and O–H groups in total. The standard InChI is InChI=1S/C15H25N3O/c1-3-13(16)14(12-4-8-17-9-5-12)18-10-6-15(2,19)7-11-18/h4-5,8-9,13-14,19H,3,6-7,10-11,16H2,1-2H3. The van der Waals surface area contributed by atoms with Gasteiger partial charge in [-0.2, -0.15) is 0 Å². The van der Waals surface area contributed by atoms with Crippen LogP contribution < -0.4 is 5.73 Å². The Morgan fingerprint density at radius 2 is 1.95 bits per heavy atom. The number of piperidine rings is 1. The van der Waals surface area contributed by atoms with Crippen molar-refractivity contribution >= 4 is 0 Å². The van der Waals surface area contributed by atoms with E-state index in [0.717, 1.165) is 32.4 Å². The summed E-state index contributed by atoms with van der Waals surface area (Å²) in [5.74, 6) is 0. The molecule has 19 heavy (non-hydrogen) atoms. The predicted molar refractivity (Wildman–Crippen MR) is 76.7 cm³/mol. The van der Waals surface area contributed by atoms with E-state index in [-0.39, 0.29) is 12.1 Å². The molecule has 0 bridgehead atoms. The van der Waals surface area contributed by atoms with Crippen LogP contribution in [0.5, 0.6) is 0 Å². The first-order valence-electron chi connectivity index (χ1n) is 7.15. The van der Waals surface area contributed by atoms with Crippen LogP contribution in [0.2, 0.25) is 0 Å². The quantitative estimate of drug-likeness (QED) is 0.868. The van der Waals surface area contributed by atoms with Crippen LogP contribution in [0.1, 0.15) is 44.7 Å². The molecule has 1 aliphatic heterocycles. The summed E-state index contributed by atoms with van der Waals surface area (Å²) in [7, 11) is 0. The number of pyridine rings is 1. The zero-order valence-electron chi connectivity index (χ0n) is 11.9. The van der Waals surface area contributed by atoms with Gasteiger partial charge in [-0.1, -0.05) is 6.92 Å². The summed E-state index contributed by atoms with van der Waals surface area (Å²) in [6, 6.07) is 4.44. The minimum atomic E-state index is -0.518. The molecular formula is C15H25N3O. The summed E-state index contributed by atoms with van der Waals surface area (Å²) >= 11 is 0. The molecule has 0 aromatic carbocycles. The third-order valence-corrected chi connectivity index (χ3v) is 4.19. The molecule has 0 amide bonds. The van der Waals surface area contributed by atoms with Gasteiger partial charge in [0.2, 0.25) is 0 Å². The molecule has 2 heterocycles. The van der Waals surface area contributed by atoms with Crippen molar-refractivity contribution < 1.29 is 5.11 Å². The summed E-state index contributed by atoms with van der Waals surface area (Å²) in [6.07, 6.45) is 6.21. The van der Waals surface area contributed by atoms with E-state index in [1.54, 1.807) is 0 Å². The third kappa shape index (κ3) is 3.53. The number of hydrogen-bond acceptors (Lipinski definition) is 4. The minimum absolute atomic E-state index is 0.116. The normalized spacial score (nSPS) is 22.9. The van der Waals surface area contributed by atoms with Crippen LogP contribution >= 0.6 is 0 Å². The van der Waals surface area contributed by atoms with E-state index >= 15 is 0 Å². The molecule has 4 nitrogen and oxygen atoms in total. The first kappa shape index (κ1) is 14.4. The lowest BCUT2D eigenvalue weighted by Crippen LogP contribution is -2.48. The zero-order valence-corrected chi connectivity index (χ0v) is 11.9. The molecule has 1 saturated heterocycles. The Kier molecular flexibility index (Phi) is 4.55. The predicted octanol–water partition coefficient (Wildman–Crippen LogP) is 1.71. The van der Waals surface area contributed by atoms with Crippen LogP contribution in [0.4, 0.5) is 0 Å². The van der Waals surface area contributed by atoms with Gasteiger partial charge in [-0.05, 0) is 43.9 Å². The molecule has 1 aromatic rings. The van der Waals surface area contributed by atoms with Gasteiger partial charge in [0, 0.05) is 37.6 Å². The van der Waals surface area contributed by atoms with E-state index in [9.17, 15) is 5.11 Å². The fourth-order valence-corrected chi connectivity index (χ4v) is 2.80. The van der Waals surface area contributed by atoms with Crippen molar-refractivity contribution in [3.63, 3.8) is 0 Å². The smallest absolute Gasteiger partial charge is 0.0644 e. The highest BCUT2D eigenvalue weighted by Gasteiger charge is 2.33. The van der Waals surface area contributed by atoms with E-state index in [1.165, 1.54) is 5.56 Å². The lowest BCUT2D eigenvalue weighted by Gasteiger charge is -2.42. The molecule has 2 rings (SSSR count). The van der Waals surface area contributed by atoms with Crippen molar-refractivity contribution in [1.29, 1.82) is 0 Å². The second kappa shape index (κ2) is 5.99. The van der Waals surface area contributed by atoms with Crippen LogP contribution in [0, 0.1) is 0 Å². The van der Waals surface area contributed by atoms with Gasteiger partial charge in [0.25, 0.3) is 0 Å². The molecule has 1 fully saturated rings. The number of aromatic nitrogens is 1. The fourth-order valence-electron chi connectivity index (χ4n) is 2.80. The Bertz CT molecular complexity index is 384. The number of nitrogens with two attached hydrogens (primary N) is 1. The lowest BCUT2D eigenvalue weighted by atomic mass is 9.89. The summed E-state index contributed by atoms with van der Waals surface area (Å²) in [4.78, 5) is 6.49. The fraction of sp³-hybridized carbons (Fsp3) is 0.667. The van der Waals surface area contributed by atoms with E-state index in [4.69, 9.17) is 5.73 Å². The largest absolute Gasteiger partial charge is 0.390 e. The van der Waals surface area contributed by atoms with E-state index in [0.29, 0.717) is 0 Å². The maximum absolute atomic E-state index is 10.1. The van der Waals surface area contributed by atoms with Gasteiger partial charge < -0.3 is 10.8 Å². The van der Waals surface area contributed by atoms with Crippen LogP contribution in [-0.2, 0) is 0 Å². The van der Waals surface area contributed by atoms with Crippen LogP contribution in [0.3, 0.4) is 0 Å². The lowest BCUT2D eigenvalue weighted by molar-refractivity contribution is -0.0202. The zero-order chi connectivity index (χ0) is 13.9. The summed E-state index contributed by atoms with van der Waals surface area (Å²) in [5, 5.41) is 10.1. The van der Waals surface area contributed by atoms with Crippen molar-refractivity contribution in [1.82, 2.24) is 9.88 Å². The van der Waals surface area contributed by atoms with Crippen molar-refractivity contribution in [2.24, 2.45) is 5.73 Å². The first-order valence-corrected chi connectivity index (χ1v) is 7.15. The number of aliphatic hydroxyl groups is 1. The number of nitrogens with zero attached hydrogens (tertiary/aromatic N) is 2. The second-order valence-electron chi connectivity index (χ2n) is 5.83. The Labute approximate surface area is 115 Å². The summed E-state index contributed by atoms with van der Waals surface area (Å²) in [6.45, 7) is 5.84. The van der Waals surface area contributed by atoms with Gasteiger partial charge >= 0.3 is 0 Å². The maximum atomic E-state index is 10.1. The van der Waals surface area contributed by atoms with Crippen molar-refractivity contribution in [3.05, 3.63) is 30.1 Å². The Balaban J connectivity index is 2.16. The number of hydrogen-bond donors (Lipinski definition) is 2. The SMILES string of the molecule is CCC(N)C(c1ccncc1)N1CCC(C)(O)CC1. The Hall–Kier alpha value is -0.970. The minimum Gasteiger partial charge on any atom is -0.390 e. The Morgan fingerprint density at radius 3 is 2.47 bits per heavy atom. The molecule has 2 unspecified atom stereocenters. The van der Waals surface area contributed by atoms with Crippen LogP contribution in [-0.4, -0.2) is 39.7 Å².